The van der Waals surface area contributed by atoms with Crippen molar-refractivity contribution >= 4 is 13.7 Å². The summed E-state index contributed by atoms with van der Waals surface area (Å²) in [6.45, 7) is 4.08. The van der Waals surface area contributed by atoms with Crippen LogP contribution < -0.4 is 10.2 Å². The number of hydrogen-bond donors (Lipinski definition) is 3. The zero-order valence-electron chi connectivity index (χ0n) is 49.1. The van der Waals surface area contributed by atoms with Gasteiger partial charge in [0.05, 0.1) is 39.9 Å². The Labute approximate surface area is 462 Å². The topological polar surface area (TPSA) is 128 Å². The molecule has 0 fully saturated rings. The summed E-state index contributed by atoms with van der Waals surface area (Å²) in [5, 5.41) is 24.7. The molecule has 4 unspecified atom stereocenters. The fraction of sp³-hybridized carbons (Fsp3) is 0.738. The van der Waals surface area contributed by atoms with Gasteiger partial charge in [-0.2, -0.15) is 0 Å². The molecule has 0 rings (SSSR count). The van der Waals surface area contributed by atoms with E-state index in [4.69, 9.17) is 9.05 Å². The Balaban J connectivity index is 3.98. The van der Waals surface area contributed by atoms with E-state index >= 15 is 0 Å². The molecule has 0 radical (unpaired) electrons. The lowest BCUT2D eigenvalue weighted by Gasteiger charge is -2.31. The molecule has 0 aliphatic heterocycles. The minimum absolute atomic E-state index is 0.0521. The van der Waals surface area contributed by atoms with Crippen molar-refractivity contribution in [2.45, 2.75) is 270 Å². The molecule has 4 atom stereocenters. The Kier molecular flexibility index (Phi) is 52.8. The van der Waals surface area contributed by atoms with Gasteiger partial charge in [-0.1, -0.05) is 239 Å². The third-order valence-electron chi connectivity index (χ3n) is 13.4. The Hall–Kier alpha value is -2.62. The van der Waals surface area contributed by atoms with Gasteiger partial charge in [0.1, 0.15) is 19.3 Å². The number of phosphoric ester groups is 1. The number of phosphoric acid groups is 1. The van der Waals surface area contributed by atoms with Crippen molar-refractivity contribution < 1.29 is 38.0 Å². The number of nitrogens with one attached hydrogen (secondary N) is 1. The minimum Gasteiger partial charge on any atom is -0.756 e. The van der Waals surface area contributed by atoms with Crippen LogP contribution in [0.15, 0.2) is 97.2 Å². The predicted octanol–water partition coefficient (Wildman–Crippen LogP) is 17.3. The summed E-state index contributed by atoms with van der Waals surface area (Å²) < 4.78 is 23.2. The Morgan fingerprint density at radius 3 is 1.29 bits per heavy atom. The highest BCUT2D eigenvalue weighted by atomic mass is 31.2. The first-order valence-electron chi connectivity index (χ1n) is 30.6. The Bertz CT molecular complexity index is 1560. The van der Waals surface area contributed by atoms with Crippen LogP contribution in [0.4, 0.5) is 0 Å². The molecule has 0 aromatic heterocycles. The maximum atomic E-state index is 13.0. The third kappa shape index (κ3) is 55.9. The van der Waals surface area contributed by atoms with E-state index < -0.39 is 32.7 Å². The molecule has 0 aromatic carbocycles. The van der Waals surface area contributed by atoms with Crippen LogP contribution in [0.3, 0.4) is 0 Å². The maximum Gasteiger partial charge on any atom is 0.268 e. The van der Waals surface area contributed by atoms with Crippen molar-refractivity contribution in [2.75, 3.05) is 40.9 Å². The maximum absolute atomic E-state index is 13.0. The number of amides is 1. The van der Waals surface area contributed by atoms with E-state index in [0.29, 0.717) is 30.3 Å². The second-order valence-corrected chi connectivity index (χ2v) is 23.2. The zero-order chi connectivity index (χ0) is 55.0. The monoisotopic (exact) mass is 1070 g/mol. The van der Waals surface area contributed by atoms with Gasteiger partial charge < -0.3 is 34.0 Å². The molecule has 75 heavy (non-hydrogen) atoms. The van der Waals surface area contributed by atoms with E-state index in [-0.39, 0.29) is 18.9 Å². The molecule has 0 aromatic rings. The van der Waals surface area contributed by atoms with Gasteiger partial charge in [-0.3, -0.25) is 9.36 Å². The number of aliphatic hydroxyl groups is 2. The lowest BCUT2D eigenvalue weighted by molar-refractivity contribution is -0.870. The van der Waals surface area contributed by atoms with Crippen LogP contribution in [0.5, 0.6) is 0 Å². The van der Waals surface area contributed by atoms with Crippen molar-refractivity contribution in [2.24, 2.45) is 0 Å². The summed E-state index contributed by atoms with van der Waals surface area (Å²) in [5.74, 6) is -0.295. The van der Waals surface area contributed by atoms with E-state index in [0.717, 1.165) is 83.5 Å². The Morgan fingerprint density at radius 2 is 0.867 bits per heavy atom. The molecular weight excluding hydrogens is 952 g/mol. The van der Waals surface area contributed by atoms with Gasteiger partial charge in [-0.25, -0.2) is 0 Å². The van der Waals surface area contributed by atoms with E-state index in [1.54, 1.807) is 0 Å². The van der Waals surface area contributed by atoms with Crippen LogP contribution in [0.1, 0.15) is 251 Å². The van der Waals surface area contributed by atoms with Crippen LogP contribution in [0.2, 0.25) is 0 Å². The van der Waals surface area contributed by atoms with Crippen LogP contribution in [0, 0.1) is 0 Å². The molecule has 0 aliphatic carbocycles. The number of aliphatic hydroxyl groups excluding tert-OH is 2. The van der Waals surface area contributed by atoms with Crippen molar-refractivity contribution in [1.82, 2.24) is 5.32 Å². The second-order valence-electron chi connectivity index (χ2n) is 21.8. The molecule has 10 heteroatoms. The predicted molar refractivity (Wildman–Crippen MR) is 322 cm³/mol. The molecule has 1 amide bonds. The molecule has 0 aliphatic rings. The minimum atomic E-state index is -4.69. The SMILES string of the molecule is C/C=C/CC/C=C/CC/C=C/CCCC(O)C(O)C(COP(=O)([O-])OCC[N+](C)(C)C)NC(=O)CCCCCCCCCCCCCCCCCCCCCCCCC/C=C\C/C=C\C/C=C\C/C=C\C/C=C\CC. The van der Waals surface area contributed by atoms with E-state index in [2.05, 4.69) is 109 Å². The summed E-state index contributed by atoms with van der Waals surface area (Å²) in [6, 6.07) is -1.10. The number of carbonyl (C=O) groups excluding carboxylic acids is 1. The van der Waals surface area contributed by atoms with Crippen LogP contribution in [0.25, 0.3) is 0 Å². The zero-order valence-corrected chi connectivity index (χ0v) is 50.0. The van der Waals surface area contributed by atoms with E-state index in [9.17, 15) is 24.5 Å². The molecular formula is C65H117N2O7P. The molecule has 0 bridgehead atoms. The van der Waals surface area contributed by atoms with Gasteiger partial charge in [0.25, 0.3) is 7.82 Å². The number of rotatable bonds is 55. The third-order valence-corrected chi connectivity index (χ3v) is 14.4. The van der Waals surface area contributed by atoms with Crippen molar-refractivity contribution in [3.8, 4) is 0 Å². The highest BCUT2D eigenvalue weighted by Crippen LogP contribution is 2.38. The van der Waals surface area contributed by atoms with Crippen molar-refractivity contribution in [3.05, 3.63) is 97.2 Å². The Morgan fingerprint density at radius 1 is 0.507 bits per heavy atom. The first-order chi connectivity index (χ1) is 36.4. The lowest BCUT2D eigenvalue weighted by Crippen LogP contribution is -2.51. The van der Waals surface area contributed by atoms with Crippen molar-refractivity contribution in [1.29, 1.82) is 0 Å². The lowest BCUT2D eigenvalue weighted by atomic mass is 10.0. The van der Waals surface area contributed by atoms with Crippen molar-refractivity contribution in [3.63, 3.8) is 0 Å². The van der Waals surface area contributed by atoms with Gasteiger partial charge in [0.2, 0.25) is 5.91 Å². The summed E-state index contributed by atoms with van der Waals surface area (Å²) in [5.41, 5.74) is 0. The first-order valence-corrected chi connectivity index (χ1v) is 32.1. The number of hydrogen-bond acceptors (Lipinski definition) is 7. The fourth-order valence-electron chi connectivity index (χ4n) is 8.68. The average molecular weight is 1070 g/mol. The van der Waals surface area contributed by atoms with Crippen LogP contribution in [-0.2, 0) is 18.4 Å². The first kappa shape index (κ1) is 72.4. The smallest absolute Gasteiger partial charge is 0.268 e. The number of quaternary nitrogens is 1. The number of unbranched alkanes of at least 4 members (excludes halogenated alkanes) is 26. The highest BCUT2D eigenvalue weighted by molar-refractivity contribution is 7.45. The van der Waals surface area contributed by atoms with E-state index in [1.165, 1.54) is 128 Å². The summed E-state index contributed by atoms with van der Waals surface area (Å²) in [4.78, 5) is 25.5. The number of nitrogens with zero attached hydrogens (tertiary/aromatic N) is 1. The normalized spacial score (nSPS) is 14.9. The molecule has 434 valence electrons. The largest absolute Gasteiger partial charge is 0.756 e. The van der Waals surface area contributed by atoms with Gasteiger partial charge in [0.15, 0.2) is 0 Å². The second kappa shape index (κ2) is 54.7. The summed E-state index contributed by atoms with van der Waals surface area (Å²) in [6.07, 6.45) is 75.2. The van der Waals surface area contributed by atoms with E-state index in [1.807, 2.05) is 28.1 Å². The van der Waals surface area contributed by atoms with Gasteiger partial charge in [0, 0.05) is 6.42 Å². The molecule has 0 heterocycles. The molecule has 0 spiro atoms. The van der Waals surface area contributed by atoms with Crippen LogP contribution >= 0.6 is 7.82 Å². The van der Waals surface area contributed by atoms with Gasteiger partial charge in [-0.05, 0) is 103 Å². The number of likely N-dealkylation sites (N-methyl/N-ethyl adjacent to an activating group) is 1. The van der Waals surface area contributed by atoms with Crippen LogP contribution in [-0.4, -0.2) is 79.8 Å². The van der Waals surface area contributed by atoms with Gasteiger partial charge in [-0.15, -0.1) is 0 Å². The molecule has 3 N–H and O–H groups in total. The number of carbonyl (C=O) groups is 1. The standard InChI is InChI=1S/C65H117N2O7P/c1-6-8-10-12-14-16-18-20-21-22-23-24-25-26-27-28-29-30-31-32-33-34-35-36-37-38-39-40-41-42-43-44-45-46-48-50-52-54-56-58-64(69)66-62(61-74-75(71,72)73-60-59-67(3,4)5)65(70)63(68)57-55-53-51-49-47-19-17-15-13-11-9-7-2/h7-10,14-17,20-21,23-24,26-27,49,51,62-63,65,68,70H,6,11-13,18-19,22,25,28-48,50,52-61H2,1-5H3,(H-,66,69,71,72)/b9-7+,10-8-,16-14-,17-15+,21-20-,24-23-,27-26-,51-49+. The fourth-order valence-corrected chi connectivity index (χ4v) is 9.40. The summed E-state index contributed by atoms with van der Waals surface area (Å²) >= 11 is 0. The molecule has 9 nitrogen and oxygen atoms in total. The molecule has 0 saturated carbocycles. The van der Waals surface area contributed by atoms with Gasteiger partial charge >= 0.3 is 0 Å². The summed E-state index contributed by atoms with van der Waals surface area (Å²) in [7, 11) is 1.09. The highest BCUT2D eigenvalue weighted by Gasteiger charge is 2.29. The number of allylic oxidation sites excluding steroid dienone is 16. The average Bonchev–Trinajstić information content (AvgIpc) is 3.37. The molecule has 0 saturated heterocycles. The quantitative estimate of drug-likeness (QED) is 0.0239.